The predicted molar refractivity (Wildman–Crippen MR) is 77.8 cm³/mol. The molecule has 2 aliphatic rings. The molecule has 0 nitrogen and oxygen atoms in total. The number of hydrogen-bond acceptors (Lipinski definition) is 0. The number of allylic oxidation sites excluding steroid dienone is 2. The molecule has 0 radical (unpaired) electrons. The van der Waals surface area contributed by atoms with Crippen LogP contribution in [0, 0.1) is 10.8 Å². The van der Waals surface area contributed by atoms with Crippen LogP contribution in [0.3, 0.4) is 0 Å². The monoisotopic (exact) mass is 240 g/mol. The molecule has 1 aromatic rings. The first-order valence-corrected chi connectivity index (χ1v) is 7.26. The molecule has 0 fully saturated rings. The van der Waals surface area contributed by atoms with Crippen LogP contribution in [0.4, 0.5) is 0 Å². The van der Waals surface area contributed by atoms with E-state index in [1.807, 2.05) is 0 Å². The molecule has 0 aliphatic heterocycles. The van der Waals surface area contributed by atoms with Crippen LogP contribution in [-0.2, 0) is 6.42 Å². The van der Waals surface area contributed by atoms with Crippen molar-refractivity contribution in [2.45, 2.75) is 52.4 Å². The Hall–Kier alpha value is -1.04. The summed E-state index contributed by atoms with van der Waals surface area (Å²) in [6, 6.07) is 9.06. The first-order chi connectivity index (χ1) is 8.50. The van der Waals surface area contributed by atoms with E-state index in [0.717, 1.165) is 5.92 Å². The van der Waals surface area contributed by atoms with Crippen molar-refractivity contribution >= 4 is 0 Å². The van der Waals surface area contributed by atoms with Crippen molar-refractivity contribution in [3.63, 3.8) is 0 Å². The predicted octanol–water partition coefficient (Wildman–Crippen LogP) is 5.10. The first kappa shape index (κ1) is 12.0. The van der Waals surface area contributed by atoms with Crippen LogP contribution in [0.25, 0.3) is 0 Å². The second kappa shape index (κ2) is 3.98. The Kier molecular flexibility index (Phi) is 2.66. The molecule has 18 heavy (non-hydrogen) atoms. The first-order valence-electron chi connectivity index (χ1n) is 7.26. The largest absolute Gasteiger partial charge is 0.0874 e. The minimum atomic E-state index is 0.356. The fourth-order valence-electron chi connectivity index (χ4n) is 4.29. The van der Waals surface area contributed by atoms with Gasteiger partial charge in [0.2, 0.25) is 0 Å². The summed E-state index contributed by atoms with van der Waals surface area (Å²) in [5, 5.41) is 0. The van der Waals surface area contributed by atoms with Gasteiger partial charge in [0.25, 0.3) is 0 Å². The van der Waals surface area contributed by atoms with Gasteiger partial charge in [-0.1, -0.05) is 57.2 Å². The maximum atomic E-state index is 2.50. The van der Waals surface area contributed by atoms with E-state index in [2.05, 4.69) is 57.2 Å². The molecule has 0 aromatic heterocycles. The Balaban J connectivity index is 1.97. The Morgan fingerprint density at radius 1 is 1.11 bits per heavy atom. The van der Waals surface area contributed by atoms with Gasteiger partial charge in [-0.15, -0.1) is 0 Å². The third-order valence-electron chi connectivity index (χ3n) is 4.96. The van der Waals surface area contributed by atoms with Crippen LogP contribution < -0.4 is 0 Å². The molecule has 0 bridgehead atoms. The zero-order chi connectivity index (χ0) is 12.8. The van der Waals surface area contributed by atoms with E-state index in [1.165, 1.54) is 25.7 Å². The molecule has 0 amide bonds. The van der Waals surface area contributed by atoms with E-state index < -0.39 is 0 Å². The number of rotatable bonds is 1. The van der Waals surface area contributed by atoms with E-state index in [4.69, 9.17) is 0 Å². The molecule has 3 rings (SSSR count). The van der Waals surface area contributed by atoms with Crippen molar-refractivity contribution in [1.29, 1.82) is 0 Å². The SMILES string of the molecule is CC1(C)CC=CC(C)(C2CCc3ccccc32)C1. The molecule has 0 N–H and O–H groups in total. The molecule has 0 heteroatoms. The van der Waals surface area contributed by atoms with Gasteiger partial charge < -0.3 is 0 Å². The number of hydrogen-bond donors (Lipinski definition) is 0. The number of benzene rings is 1. The normalized spacial score (nSPS) is 33.4. The molecule has 1 aromatic carbocycles. The molecular weight excluding hydrogens is 216 g/mol. The van der Waals surface area contributed by atoms with Crippen LogP contribution in [0.1, 0.15) is 57.1 Å². The van der Waals surface area contributed by atoms with Crippen LogP contribution in [0.2, 0.25) is 0 Å². The maximum absolute atomic E-state index is 2.50. The van der Waals surface area contributed by atoms with E-state index in [0.29, 0.717) is 10.8 Å². The maximum Gasteiger partial charge on any atom is -0.00673 e. The second-order valence-corrected chi connectivity index (χ2v) is 7.24. The summed E-state index contributed by atoms with van der Waals surface area (Å²) in [6.07, 6.45) is 10.1. The van der Waals surface area contributed by atoms with Crippen molar-refractivity contribution in [3.8, 4) is 0 Å². The second-order valence-electron chi connectivity index (χ2n) is 7.24. The summed E-state index contributed by atoms with van der Waals surface area (Å²) in [5.41, 5.74) is 4.01. The average Bonchev–Trinajstić information content (AvgIpc) is 2.71. The van der Waals surface area contributed by atoms with Crippen molar-refractivity contribution in [3.05, 3.63) is 47.5 Å². The molecule has 2 unspecified atom stereocenters. The van der Waals surface area contributed by atoms with Gasteiger partial charge in [0, 0.05) is 0 Å². The third kappa shape index (κ3) is 1.92. The number of aryl methyl sites for hydroxylation is 1. The van der Waals surface area contributed by atoms with Gasteiger partial charge >= 0.3 is 0 Å². The molecule has 0 spiro atoms. The smallest absolute Gasteiger partial charge is 0.00673 e. The van der Waals surface area contributed by atoms with Gasteiger partial charge in [-0.2, -0.15) is 0 Å². The highest BCUT2D eigenvalue weighted by atomic mass is 14.5. The molecule has 0 saturated heterocycles. The van der Waals surface area contributed by atoms with E-state index in [9.17, 15) is 0 Å². The molecule has 0 heterocycles. The van der Waals surface area contributed by atoms with Crippen LogP contribution in [0.5, 0.6) is 0 Å². The molecule has 96 valence electrons. The minimum Gasteiger partial charge on any atom is -0.0874 e. The van der Waals surface area contributed by atoms with E-state index >= 15 is 0 Å². The van der Waals surface area contributed by atoms with E-state index in [-0.39, 0.29) is 0 Å². The summed E-state index contributed by atoms with van der Waals surface area (Å²) < 4.78 is 0. The fourth-order valence-corrected chi connectivity index (χ4v) is 4.29. The van der Waals surface area contributed by atoms with Gasteiger partial charge in [-0.05, 0) is 53.6 Å². The van der Waals surface area contributed by atoms with E-state index in [1.54, 1.807) is 11.1 Å². The molecule has 2 atom stereocenters. The van der Waals surface area contributed by atoms with Crippen molar-refractivity contribution in [1.82, 2.24) is 0 Å². The van der Waals surface area contributed by atoms with Gasteiger partial charge in [0.1, 0.15) is 0 Å². The Morgan fingerprint density at radius 3 is 2.67 bits per heavy atom. The van der Waals surface area contributed by atoms with Gasteiger partial charge in [-0.25, -0.2) is 0 Å². The summed E-state index contributed by atoms with van der Waals surface area (Å²) in [4.78, 5) is 0. The highest BCUT2D eigenvalue weighted by molar-refractivity contribution is 5.38. The molecular formula is C18H24. The zero-order valence-electron chi connectivity index (χ0n) is 11.9. The summed E-state index contributed by atoms with van der Waals surface area (Å²) >= 11 is 0. The lowest BCUT2D eigenvalue weighted by atomic mass is 9.61. The molecule has 0 saturated carbocycles. The van der Waals surface area contributed by atoms with Crippen LogP contribution in [-0.4, -0.2) is 0 Å². The fraction of sp³-hybridized carbons (Fsp3) is 0.556. The van der Waals surface area contributed by atoms with Crippen molar-refractivity contribution < 1.29 is 0 Å². The quantitative estimate of drug-likeness (QED) is 0.599. The summed E-state index contributed by atoms with van der Waals surface area (Å²) in [7, 11) is 0. The Bertz CT molecular complexity index is 481. The van der Waals surface area contributed by atoms with Crippen molar-refractivity contribution in [2.24, 2.45) is 10.8 Å². The highest BCUT2D eigenvalue weighted by Crippen LogP contribution is 2.53. The average molecular weight is 240 g/mol. The minimum absolute atomic E-state index is 0.356. The van der Waals surface area contributed by atoms with Crippen LogP contribution in [0.15, 0.2) is 36.4 Å². The number of fused-ring (bicyclic) bond motifs is 1. The van der Waals surface area contributed by atoms with Gasteiger partial charge in [0.05, 0.1) is 0 Å². The summed E-state index contributed by atoms with van der Waals surface area (Å²) in [6.45, 7) is 7.29. The Labute approximate surface area is 111 Å². The Morgan fingerprint density at radius 2 is 1.89 bits per heavy atom. The topological polar surface area (TPSA) is 0 Å². The standard InChI is InChI=1S/C18H24/c1-17(2)11-6-12-18(3,13-17)16-10-9-14-7-4-5-8-15(14)16/h4-8,12,16H,9-11,13H2,1-3H3. The summed E-state index contributed by atoms with van der Waals surface area (Å²) in [5.74, 6) is 0.726. The van der Waals surface area contributed by atoms with Crippen molar-refractivity contribution in [2.75, 3.05) is 0 Å². The lowest BCUT2D eigenvalue weighted by molar-refractivity contribution is 0.174. The third-order valence-corrected chi connectivity index (χ3v) is 4.96. The lowest BCUT2D eigenvalue weighted by Gasteiger charge is -2.43. The highest BCUT2D eigenvalue weighted by Gasteiger charge is 2.42. The molecule has 2 aliphatic carbocycles. The lowest BCUT2D eigenvalue weighted by Crippen LogP contribution is -2.31. The van der Waals surface area contributed by atoms with Crippen LogP contribution >= 0.6 is 0 Å². The zero-order valence-corrected chi connectivity index (χ0v) is 11.9. The van der Waals surface area contributed by atoms with Gasteiger partial charge in [0.15, 0.2) is 0 Å². The van der Waals surface area contributed by atoms with Gasteiger partial charge in [-0.3, -0.25) is 0 Å².